The van der Waals surface area contributed by atoms with Crippen LogP contribution in [0.25, 0.3) is 0 Å². The standard InChI is InChI=1S/C14H22OS/c1-11(2)16-10-6-9-15-14-8-5-7-12(3)13(14)4/h5,7-8,11H,6,9-10H2,1-4H3. The molecule has 0 radical (unpaired) electrons. The monoisotopic (exact) mass is 238 g/mol. The van der Waals surface area contributed by atoms with Crippen LogP contribution in [0.15, 0.2) is 18.2 Å². The van der Waals surface area contributed by atoms with Crippen LogP contribution in [0.4, 0.5) is 0 Å². The van der Waals surface area contributed by atoms with Crippen molar-refractivity contribution in [2.24, 2.45) is 0 Å². The number of hydrogen-bond donors (Lipinski definition) is 0. The summed E-state index contributed by atoms with van der Waals surface area (Å²) in [6, 6.07) is 6.23. The van der Waals surface area contributed by atoms with Gasteiger partial charge in [0, 0.05) is 0 Å². The van der Waals surface area contributed by atoms with Gasteiger partial charge in [-0.3, -0.25) is 0 Å². The Morgan fingerprint density at radius 1 is 1.25 bits per heavy atom. The highest BCUT2D eigenvalue weighted by molar-refractivity contribution is 7.99. The number of rotatable bonds is 6. The molecule has 0 atom stereocenters. The van der Waals surface area contributed by atoms with Gasteiger partial charge in [-0.2, -0.15) is 11.8 Å². The smallest absolute Gasteiger partial charge is 0.122 e. The maximum absolute atomic E-state index is 5.79. The second-order valence-corrected chi connectivity index (χ2v) is 6.00. The van der Waals surface area contributed by atoms with Gasteiger partial charge in [-0.1, -0.05) is 26.0 Å². The molecule has 0 aromatic heterocycles. The van der Waals surface area contributed by atoms with Crippen LogP contribution in [0.1, 0.15) is 31.4 Å². The van der Waals surface area contributed by atoms with Gasteiger partial charge in [-0.25, -0.2) is 0 Å². The molecule has 0 saturated carbocycles. The topological polar surface area (TPSA) is 9.23 Å². The largest absolute Gasteiger partial charge is 0.493 e. The van der Waals surface area contributed by atoms with Gasteiger partial charge in [-0.15, -0.1) is 0 Å². The van der Waals surface area contributed by atoms with Crippen molar-refractivity contribution in [3.63, 3.8) is 0 Å². The summed E-state index contributed by atoms with van der Waals surface area (Å²) in [4.78, 5) is 0. The molecular weight excluding hydrogens is 216 g/mol. The number of benzene rings is 1. The maximum Gasteiger partial charge on any atom is 0.122 e. The number of aryl methyl sites for hydroxylation is 1. The first kappa shape index (κ1) is 13.4. The van der Waals surface area contributed by atoms with E-state index < -0.39 is 0 Å². The lowest BCUT2D eigenvalue weighted by Gasteiger charge is -2.11. The SMILES string of the molecule is Cc1cccc(OCCCSC(C)C)c1C. The maximum atomic E-state index is 5.79. The highest BCUT2D eigenvalue weighted by Crippen LogP contribution is 2.20. The minimum atomic E-state index is 0.723. The van der Waals surface area contributed by atoms with Crippen molar-refractivity contribution in [3.05, 3.63) is 29.3 Å². The quantitative estimate of drug-likeness (QED) is 0.686. The second-order valence-electron chi connectivity index (χ2n) is 4.32. The van der Waals surface area contributed by atoms with E-state index in [4.69, 9.17) is 4.74 Å². The van der Waals surface area contributed by atoms with E-state index in [-0.39, 0.29) is 0 Å². The molecule has 0 aliphatic rings. The van der Waals surface area contributed by atoms with E-state index in [1.54, 1.807) is 0 Å². The molecule has 90 valence electrons. The van der Waals surface area contributed by atoms with Crippen molar-refractivity contribution in [2.75, 3.05) is 12.4 Å². The van der Waals surface area contributed by atoms with Gasteiger partial charge < -0.3 is 4.74 Å². The number of ether oxygens (including phenoxy) is 1. The summed E-state index contributed by atoms with van der Waals surface area (Å²) in [6.45, 7) is 9.53. The van der Waals surface area contributed by atoms with E-state index in [1.807, 2.05) is 11.8 Å². The average Bonchev–Trinajstić information content (AvgIpc) is 2.23. The lowest BCUT2D eigenvalue weighted by molar-refractivity contribution is 0.316. The highest BCUT2D eigenvalue weighted by Gasteiger charge is 2.01. The third-order valence-electron chi connectivity index (χ3n) is 2.55. The van der Waals surface area contributed by atoms with Crippen LogP contribution in [-0.2, 0) is 0 Å². The minimum Gasteiger partial charge on any atom is -0.493 e. The van der Waals surface area contributed by atoms with Crippen LogP contribution in [0.5, 0.6) is 5.75 Å². The van der Waals surface area contributed by atoms with E-state index >= 15 is 0 Å². The molecule has 1 aromatic rings. The number of thioether (sulfide) groups is 1. The van der Waals surface area contributed by atoms with E-state index in [2.05, 4.69) is 45.9 Å². The molecule has 0 amide bonds. The van der Waals surface area contributed by atoms with Crippen molar-refractivity contribution in [1.82, 2.24) is 0 Å². The fourth-order valence-corrected chi connectivity index (χ4v) is 2.20. The first-order chi connectivity index (χ1) is 7.61. The van der Waals surface area contributed by atoms with E-state index in [1.165, 1.54) is 16.9 Å². The molecule has 0 N–H and O–H groups in total. The summed E-state index contributed by atoms with van der Waals surface area (Å²) < 4.78 is 5.79. The van der Waals surface area contributed by atoms with Crippen molar-refractivity contribution < 1.29 is 4.74 Å². The summed E-state index contributed by atoms with van der Waals surface area (Å²) in [5, 5.41) is 0.723. The van der Waals surface area contributed by atoms with Crippen molar-refractivity contribution >= 4 is 11.8 Å². The molecule has 0 unspecified atom stereocenters. The molecule has 0 aliphatic carbocycles. The van der Waals surface area contributed by atoms with Gasteiger partial charge in [0.25, 0.3) is 0 Å². The normalized spacial score (nSPS) is 10.8. The zero-order valence-corrected chi connectivity index (χ0v) is 11.6. The Kier molecular flexibility index (Phi) is 5.75. The van der Waals surface area contributed by atoms with Crippen molar-refractivity contribution in [1.29, 1.82) is 0 Å². The first-order valence-electron chi connectivity index (χ1n) is 5.92. The first-order valence-corrected chi connectivity index (χ1v) is 6.96. The molecule has 16 heavy (non-hydrogen) atoms. The fraction of sp³-hybridized carbons (Fsp3) is 0.571. The Morgan fingerprint density at radius 3 is 2.69 bits per heavy atom. The zero-order chi connectivity index (χ0) is 12.0. The van der Waals surface area contributed by atoms with Gasteiger partial charge in [0.05, 0.1) is 6.61 Å². The van der Waals surface area contributed by atoms with Crippen molar-refractivity contribution in [3.8, 4) is 5.75 Å². The molecular formula is C14H22OS. The molecule has 0 fully saturated rings. The molecule has 0 bridgehead atoms. The Labute approximate surface area is 104 Å². The second kappa shape index (κ2) is 6.85. The Morgan fingerprint density at radius 2 is 2.00 bits per heavy atom. The van der Waals surface area contributed by atoms with Gasteiger partial charge in [0.2, 0.25) is 0 Å². The Bertz CT molecular complexity index is 321. The van der Waals surface area contributed by atoms with Crippen LogP contribution in [0, 0.1) is 13.8 Å². The predicted octanol–water partition coefficient (Wildman–Crippen LogP) is 4.21. The Hall–Kier alpha value is -0.630. The molecule has 1 nitrogen and oxygen atoms in total. The highest BCUT2D eigenvalue weighted by atomic mass is 32.2. The lowest BCUT2D eigenvalue weighted by atomic mass is 10.1. The Balaban J connectivity index is 2.29. The van der Waals surface area contributed by atoms with Gasteiger partial charge in [-0.05, 0) is 48.5 Å². The van der Waals surface area contributed by atoms with Gasteiger partial charge in [0.15, 0.2) is 0 Å². The van der Waals surface area contributed by atoms with Crippen LogP contribution in [0.2, 0.25) is 0 Å². The molecule has 1 aromatic carbocycles. The summed E-state index contributed by atoms with van der Waals surface area (Å²) in [7, 11) is 0. The van der Waals surface area contributed by atoms with Crippen LogP contribution < -0.4 is 4.74 Å². The lowest BCUT2D eigenvalue weighted by Crippen LogP contribution is -2.02. The summed E-state index contributed by atoms with van der Waals surface area (Å²) in [6.07, 6.45) is 1.12. The van der Waals surface area contributed by atoms with Crippen molar-refractivity contribution in [2.45, 2.75) is 39.4 Å². The van der Waals surface area contributed by atoms with Crippen LogP contribution in [-0.4, -0.2) is 17.6 Å². The molecule has 0 saturated heterocycles. The van der Waals surface area contributed by atoms with E-state index in [0.717, 1.165) is 24.0 Å². The predicted molar refractivity (Wildman–Crippen MR) is 73.6 cm³/mol. The molecule has 1 rings (SSSR count). The summed E-state index contributed by atoms with van der Waals surface area (Å²) in [5.41, 5.74) is 2.56. The molecule has 0 spiro atoms. The molecule has 2 heteroatoms. The molecule has 0 heterocycles. The van der Waals surface area contributed by atoms with Gasteiger partial charge in [0.1, 0.15) is 5.75 Å². The van der Waals surface area contributed by atoms with E-state index in [9.17, 15) is 0 Å². The molecule has 0 aliphatic heterocycles. The summed E-state index contributed by atoms with van der Waals surface area (Å²) >= 11 is 1.99. The van der Waals surface area contributed by atoms with Crippen LogP contribution >= 0.6 is 11.8 Å². The minimum absolute atomic E-state index is 0.723. The van der Waals surface area contributed by atoms with Gasteiger partial charge >= 0.3 is 0 Å². The van der Waals surface area contributed by atoms with Crippen LogP contribution in [0.3, 0.4) is 0 Å². The summed E-state index contributed by atoms with van der Waals surface area (Å²) in [5.74, 6) is 2.22. The average molecular weight is 238 g/mol. The third-order valence-corrected chi connectivity index (χ3v) is 3.74. The number of hydrogen-bond acceptors (Lipinski definition) is 2. The van der Waals surface area contributed by atoms with E-state index in [0.29, 0.717) is 0 Å². The third kappa shape index (κ3) is 4.48. The fourth-order valence-electron chi connectivity index (χ4n) is 1.44. The zero-order valence-electron chi connectivity index (χ0n) is 10.7.